The number of ether oxygens (including phenoxy) is 1. The van der Waals surface area contributed by atoms with E-state index in [0.717, 1.165) is 47.9 Å². The van der Waals surface area contributed by atoms with E-state index in [4.69, 9.17) is 22.1 Å². The minimum absolute atomic E-state index is 0.0108. The summed E-state index contributed by atoms with van der Waals surface area (Å²) in [4.78, 5) is 4.31. The van der Waals surface area contributed by atoms with Gasteiger partial charge < -0.3 is 10.5 Å². The summed E-state index contributed by atoms with van der Waals surface area (Å²) in [6.07, 6.45) is 4.22. The molecule has 3 rings (SSSR count). The second kappa shape index (κ2) is 5.81. The average Bonchev–Trinajstić information content (AvgIpc) is 2.88. The Morgan fingerprint density at radius 2 is 2.20 bits per heavy atom. The zero-order chi connectivity index (χ0) is 13.9. The minimum Gasteiger partial charge on any atom is -0.493 e. The van der Waals surface area contributed by atoms with Crippen molar-refractivity contribution in [3.63, 3.8) is 0 Å². The normalized spacial score (nSPS) is 14.7. The lowest BCUT2D eigenvalue weighted by atomic mass is 9.99. The average molecular weight is 289 g/mol. The van der Waals surface area contributed by atoms with Gasteiger partial charge in [-0.1, -0.05) is 17.7 Å². The first-order valence-corrected chi connectivity index (χ1v) is 7.20. The molecule has 2 N–H and O–H groups in total. The van der Waals surface area contributed by atoms with Crippen LogP contribution in [-0.4, -0.2) is 17.6 Å². The fraction of sp³-hybridized carbons (Fsp3) is 0.312. The maximum atomic E-state index is 6.24. The smallest absolute Gasteiger partial charge is 0.125 e. The van der Waals surface area contributed by atoms with Crippen molar-refractivity contribution in [3.8, 4) is 5.75 Å². The van der Waals surface area contributed by atoms with Crippen molar-refractivity contribution >= 4 is 11.6 Å². The molecule has 2 aromatic rings. The van der Waals surface area contributed by atoms with Crippen molar-refractivity contribution in [2.75, 3.05) is 6.61 Å². The first-order valence-electron chi connectivity index (χ1n) is 6.82. The molecule has 20 heavy (non-hydrogen) atoms. The summed E-state index contributed by atoms with van der Waals surface area (Å²) in [7, 11) is 0. The van der Waals surface area contributed by atoms with Gasteiger partial charge in [-0.3, -0.25) is 4.98 Å². The number of aromatic nitrogens is 1. The number of hydrogen-bond donors (Lipinski definition) is 1. The Kier molecular flexibility index (Phi) is 3.90. The fourth-order valence-electron chi connectivity index (χ4n) is 2.64. The molecule has 104 valence electrons. The Bertz CT molecular complexity index is 601. The minimum atomic E-state index is 0.0108. The Balaban J connectivity index is 1.75. The lowest BCUT2D eigenvalue weighted by molar-refractivity contribution is 0.352. The van der Waals surface area contributed by atoms with Gasteiger partial charge in [0.15, 0.2) is 0 Å². The molecule has 1 aromatic heterocycles. The summed E-state index contributed by atoms with van der Waals surface area (Å²) < 4.78 is 5.71. The van der Waals surface area contributed by atoms with E-state index in [2.05, 4.69) is 4.98 Å². The molecule has 1 unspecified atom stereocenters. The van der Waals surface area contributed by atoms with Crippen molar-refractivity contribution in [2.24, 2.45) is 5.73 Å². The third-order valence-corrected chi connectivity index (χ3v) is 3.72. The van der Waals surface area contributed by atoms with Crippen molar-refractivity contribution in [1.82, 2.24) is 4.98 Å². The first-order chi connectivity index (χ1) is 9.72. The summed E-state index contributed by atoms with van der Waals surface area (Å²) >= 11 is 6.16. The number of fused-ring (bicyclic) bond motifs is 1. The van der Waals surface area contributed by atoms with Gasteiger partial charge in [0.2, 0.25) is 0 Å². The van der Waals surface area contributed by atoms with Crippen LogP contribution in [0.4, 0.5) is 0 Å². The molecule has 0 saturated heterocycles. The van der Waals surface area contributed by atoms with Crippen molar-refractivity contribution < 1.29 is 4.74 Å². The van der Waals surface area contributed by atoms with Gasteiger partial charge in [-0.05, 0) is 41.8 Å². The molecule has 1 aromatic carbocycles. The monoisotopic (exact) mass is 288 g/mol. The highest BCUT2D eigenvalue weighted by Gasteiger charge is 2.19. The van der Waals surface area contributed by atoms with Crippen LogP contribution < -0.4 is 10.5 Å². The van der Waals surface area contributed by atoms with E-state index < -0.39 is 0 Å². The van der Waals surface area contributed by atoms with E-state index in [-0.39, 0.29) is 6.04 Å². The van der Waals surface area contributed by atoms with Crippen molar-refractivity contribution in [3.05, 3.63) is 58.4 Å². The van der Waals surface area contributed by atoms with Crippen LogP contribution in [0, 0.1) is 0 Å². The summed E-state index contributed by atoms with van der Waals surface area (Å²) in [5.41, 5.74) is 9.55. The van der Waals surface area contributed by atoms with Crippen molar-refractivity contribution in [1.29, 1.82) is 0 Å². The molecule has 1 atom stereocenters. The molecular formula is C16H17ClN2O. The Morgan fingerprint density at radius 1 is 1.30 bits per heavy atom. The van der Waals surface area contributed by atoms with E-state index in [0.29, 0.717) is 0 Å². The predicted molar refractivity (Wildman–Crippen MR) is 80.3 cm³/mol. The second-order valence-electron chi connectivity index (χ2n) is 5.14. The van der Waals surface area contributed by atoms with E-state index in [1.54, 1.807) is 6.20 Å². The van der Waals surface area contributed by atoms with Crippen LogP contribution in [0.1, 0.15) is 16.8 Å². The summed E-state index contributed by atoms with van der Waals surface area (Å²) in [6, 6.07) is 9.85. The molecule has 0 radical (unpaired) electrons. The Labute approximate surface area is 123 Å². The van der Waals surface area contributed by atoms with Gasteiger partial charge in [-0.25, -0.2) is 0 Å². The zero-order valence-electron chi connectivity index (χ0n) is 11.2. The van der Waals surface area contributed by atoms with Gasteiger partial charge >= 0.3 is 0 Å². The predicted octanol–water partition coefficient (Wildman–Crippen LogP) is 2.78. The number of benzene rings is 1. The molecular weight excluding hydrogens is 272 g/mol. The summed E-state index contributed by atoms with van der Waals surface area (Å²) in [5.74, 6) is 0.978. The number of pyridine rings is 1. The molecule has 0 fully saturated rings. The summed E-state index contributed by atoms with van der Waals surface area (Å²) in [5, 5.41) is 0.759. The van der Waals surface area contributed by atoms with Crippen LogP contribution in [-0.2, 0) is 19.3 Å². The highest BCUT2D eigenvalue weighted by molar-refractivity contribution is 6.30. The molecule has 2 heterocycles. The number of nitrogens with two attached hydrogens (primary N) is 1. The molecule has 0 saturated carbocycles. The standard InChI is InChI=1S/C16H17ClN2O/c17-13-7-11-4-6-20-16(11)12(8-13)9-14(18)10-15-3-1-2-5-19-15/h1-3,5,7-8,14H,4,6,9-10,18H2. The third-order valence-electron chi connectivity index (χ3n) is 3.50. The number of halogens is 1. The zero-order valence-corrected chi connectivity index (χ0v) is 11.9. The SMILES string of the molecule is NC(Cc1ccccn1)Cc1cc(Cl)cc2c1OCC2. The van der Waals surface area contributed by atoms with Gasteiger partial charge in [0.05, 0.1) is 6.61 Å². The van der Waals surface area contributed by atoms with E-state index >= 15 is 0 Å². The second-order valence-corrected chi connectivity index (χ2v) is 5.58. The molecule has 0 aliphatic carbocycles. The summed E-state index contributed by atoms with van der Waals surface area (Å²) in [6.45, 7) is 0.734. The highest BCUT2D eigenvalue weighted by Crippen LogP contribution is 2.33. The van der Waals surface area contributed by atoms with Crippen LogP contribution in [0.15, 0.2) is 36.5 Å². The fourth-order valence-corrected chi connectivity index (χ4v) is 2.90. The van der Waals surface area contributed by atoms with Crippen molar-refractivity contribution in [2.45, 2.75) is 25.3 Å². The van der Waals surface area contributed by atoms with Gasteiger partial charge in [0.1, 0.15) is 5.75 Å². The molecule has 4 heteroatoms. The third kappa shape index (κ3) is 2.94. The molecule has 0 spiro atoms. The number of hydrogen-bond acceptors (Lipinski definition) is 3. The number of rotatable bonds is 4. The molecule has 0 bridgehead atoms. The van der Waals surface area contributed by atoms with Gasteiger partial charge in [-0.2, -0.15) is 0 Å². The van der Waals surface area contributed by atoms with E-state index in [1.807, 2.05) is 30.3 Å². The topological polar surface area (TPSA) is 48.1 Å². The van der Waals surface area contributed by atoms with Crippen LogP contribution in [0.2, 0.25) is 5.02 Å². The maximum absolute atomic E-state index is 6.24. The molecule has 0 amide bonds. The van der Waals surface area contributed by atoms with Gasteiger partial charge in [-0.15, -0.1) is 0 Å². The quantitative estimate of drug-likeness (QED) is 0.941. The first kappa shape index (κ1) is 13.4. The number of nitrogens with zero attached hydrogens (tertiary/aromatic N) is 1. The molecule has 1 aliphatic rings. The Hall–Kier alpha value is -1.58. The van der Waals surface area contributed by atoms with Crippen LogP contribution in [0.25, 0.3) is 0 Å². The van der Waals surface area contributed by atoms with Gasteiger partial charge in [0, 0.05) is 35.8 Å². The maximum Gasteiger partial charge on any atom is 0.125 e. The van der Waals surface area contributed by atoms with Crippen LogP contribution in [0.3, 0.4) is 0 Å². The molecule has 3 nitrogen and oxygen atoms in total. The van der Waals surface area contributed by atoms with Gasteiger partial charge in [0.25, 0.3) is 0 Å². The Morgan fingerprint density at radius 3 is 3.00 bits per heavy atom. The van der Waals surface area contributed by atoms with Crippen LogP contribution in [0.5, 0.6) is 5.75 Å². The lowest BCUT2D eigenvalue weighted by Gasteiger charge is -2.14. The molecule has 1 aliphatic heterocycles. The van der Waals surface area contributed by atoms with Crippen LogP contribution >= 0.6 is 11.6 Å². The van der Waals surface area contributed by atoms with E-state index in [1.165, 1.54) is 5.56 Å². The lowest BCUT2D eigenvalue weighted by Crippen LogP contribution is -2.26. The highest BCUT2D eigenvalue weighted by atomic mass is 35.5. The largest absolute Gasteiger partial charge is 0.493 e. The van der Waals surface area contributed by atoms with E-state index in [9.17, 15) is 0 Å².